The second kappa shape index (κ2) is 21.9. The lowest BCUT2D eigenvalue weighted by Gasteiger charge is -2.25. The number of carbonyl (C=O) groups excluding carboxylic acids is 2. The van der Waals surface area contributed by atoms with Crippen LogP contribution in [0.1, 0.15) is 54.6 Å². The van der Waals surface area contributed by atoms with Crippen molar-refractivity contribution in [2.45, 2.75) is 69.2 Å². The zero-order valence-electron chi connectivity index (χ0n) is 30.1. The highest BCUT2D eigenvalue weighted by Crippen LogP contribution is 2.42. The van der Waals surface area contributed by atoms with Gasteiger partial charge in [-0.05, 0) is 49.0 Å². The number of rotatable bonds is 21. The van der Waals surface area contributed by atoms with Crippen molar-refractivity contribution < 1.29 is 24.1 Å². The van der Waals surface area contributed by atoms with E-state index in [-0.39, 0.29) is 31.3 Å². The molecule has 3 aromatic carbocycles. The summed E-state index contributed by atoms with van der Waals surface area (Å²) in [5, 5.41) is 17.5. The molecule has 1 aliphatic rings. The first-order valence-corrected chi connectivity index (χ1v) is 19.4. The molecule has 1 saturated heterocycles. The fourth-order valence-corrected chi connectivity index (χ4v) is 6.98. The summed E-state index contributed by atoms with van der Waals surface area (Å²) in [5.41, 5.74) is 14.9. The van der Waals surface area contributed by atoms with E-state index < -0.39 is 33.0 Å². The fourth-order valence-electron chi connectivity index (χ4n) is 6.29. The molecule has 3 atom stereocenters. The van der Waals surface area contributed by atoms with Crippen LogP contribution in [-0.2, 0) is 22.5 Å². The molecule has 2 amide bonds. The number of ether oxygens (including phenoxy) is 1. The van der Waals surface area contributed by atoms with Crippen molar-refractivity contribution in [1.82, 2.24) is 20.5 Å². The second-order valence-corrected chi connectivity index (χ2v) is 14.4. The Morgan fingerprint density at radius 3 is 2.32 bits per heavy atom. The zero-order chi connectivity index (χ0) is 38.0. The van der Waals surface area contributed by atoms with Crippen molar-refractivity contribution in [3.8, 4) is 11.7 Å². The van der Waals surface area contributed by atoms with Crippen LogP contribution in [0.4, 0.5) is 0 Å². The molecule has 1 fully saturated rings. The minimum absolute atomic E-state index is 0.0156. The zero-order valence-corrected chi connectivity index (χ0v) is 31.0. The number of likely N-dealkylation sites (tertiary alicyclic amines) is 1. The molecule has 0 radical (unpaired) electrons. The van der Waals surface area contributed by atoms with E-state index in [1.807, 2.05) is 60.7 Å². The Hall–Kier alpha value is -4.48. The molecule has 4 rings (SSSR count). The van der Waals surface area contributed by atoms with E-state index >= 15 is 0 Å². The molecule has 0 bridgehead atoms. The number of amides is 2. The number of hydrogen-bond acceptors (Lipinski definition) is 11. The van der Waals surface area contributed by atoms with E-state index in [1.54, 1.807) is 35.4 Å². The van der Waals surface area contributed by atoms with Gasteiger partial charge in [-0.1, -0.05) is 91.2 Å². The number of carbonyl (C=O) groups is 2. The molecule has 1 aliphatic heterocycles. The van der Waals surface area contributed by atoms with Gasteiger partial charge in [0, 0.05) is 44.5 Å². The van der Waals surface area contributed by atoms with Crippen molar-refractivity contribution in [2.24, 2.45) is 17.3 Å². The van der Waals surface area contributed by atoms with Crippen LogP contribution in [0.3, 0.4) is 0 Å². The van der Waals surface area contributed by atoms with Gasteiger partial charge in [0.25, 0.3) is 6.71 Å². The largest absolute Gasteiger partial charge is 0.487 e. The third kappa shape index (κ3) is 13.5. The van der Waals surface area contributed by atoms with Crippen LogP contribution in [0.2, 0.25) is 6.32 Å². The average Bonchev–Trinajstić information content (AvgIpc) is 3.63. The van der Waals surface area contributed by atoms with Gasteiger partial charge in [0.05, 0.1) is 11.7 Å². The van der Waals surface area contributed by atoms with Crippen LogP contribution in [-0.4, -0.2) is 76.5 Å². The number of nitrogens with two attached hydrogens (primary N) is 3. The predicted octanol–water partition coefficient (Wildman–Crippen LogP) is 3.07. The van der Waals surface area contributed by atoms with E-state index in [0.29, 0.717) is 49.4 Å². The Bertz CT molecular complexity index is 1630. The molecule has 0 aliphatic carbocycles. The van der Waals surface area contributed by atoms with Crippen LogP contribution in [0.25, 0.3) is 0 Å². The van der Waals surface area contributed by atoms with E-state index in [9.17, 15) is 24.6 Å². The van der Waals surface area contributed by atoms with Crippen molar-refractivity contribution in [3.05, 3.63) is 114 Å². The van der Waals surface area contributed by atoms with Crippen LogP contribution >= 0.6 is 8.38 Å². The first-order chi connectivity index (χ1) is 25.7. The van der Waals surface area contributed by atoms with Crippen molar-refractivity contribution in [2.75, 3.05) is 26.2 Å². The smallest absolute Gasteiger partial charge is 0.281 e. The summed E-state index contributed by atoms with van der Waals surface area (Å²) in [5.74, 6) is 8.08. The summed E-state index contributed by atoms with van der Waals surface area (Å²) < 4.78 is 5.88. The Morgan fingerprint density at radius 1 is 1.02 bits per heavy atom. The molecule has 53 heavy (non-hydrogen) atoms. The maximum Gasteiger partial charge on any atom is 0.281 e. The maximum atomic E-state index is 13.7. The number of nitriles is 1. The lowest BCUT2D eigenvalue weighted by atomic mass is 9.45. The first-order valence-electron chi connectivity index (χ1n) is 18.1. The second-order valence-electron chi connectivity index (χ2n) is 13.3. The van der Waals surface area contributed by atoms with Crippen molar-refractivity contribution >= 4 is 26.9 Å². The number of unbranched alkanes of at least 4 members (excludes halogenated alkanes) is 3. The van der Waals surface area contributed by atoms with Gasteiger partial charge in [0.15, 0.2) is 8.38 Å². The van der Waals surface area contributed by atoms with Gasteiger partial charge >= 0.3 is 0 Å². The lowest BCUT2D eigenvalue weighted by Crippen LogP contribution is -2.47. The highest BCUT2D eigenvalue weighted by molar-refractivity contribution is 7.45. The van der Waals surface area contributed by atoms with Gasteiger partial charge in [0.1, 0.15) is 24.2 Å². The van der Waals surface area contributed by atoms with Crippen LogP contribution in [0.15, 0.2) is 96.8 Å². The fraction of sp³-hybridized carbons (Fsp3) is 0.395. The van der Waals surface area contributed by atoms with Gasteiger partial charge < -0.3 is 41.2 Å². The van der Waals surface area contributed by atoms with Gasteiger partial charge in [-0.15, -0.1) is 0 Å². The SMILES string of the molecule is N#CB(CC(=O)N1CC(N(N)/C=C(\N)COc2ccc(C(NCc3ccccc3)P(O)O)cc2)CC1C(=O)NCCCCCCN)Cc1ccccc1. The Balaban J connectivity index is 1.35. The molecule has 282 valence electrons. The molecule has 0 spiro atoms. The van der Waals surface area contributed by atoms with E-state index in [0.717, 1.165) is 36.8 Å². The highest BCUT2D eigenvalue weighted by atomic mass is 31.2. The maximum absolute atomic E-state index is 13.7. The minimum Gasteiger partial charge on any atom is -0.487 e. The molecular formula is C38H52BN8O5P. The monoisotopic (exact) mass is 742 g/mol. The number of nitrogens with one attached hydrogen (secondary N) is 2. The summed E-state index contributed by atoms with van der Waals surface area (Å²) in [6.45, 7) is 1.27. The average molecular weight is 743 g/mol. The third-order valence-corrected chi connectivity index (χ3v) is 10.1. The summed E-state index contributed by atoms with van der Waals surface area (Å²) in [4.78, 5) is 48.7. The standard InChI is InChI=1S/C38H52BN8O5P/c40-19-9-1-2-10-20-44-37(49)35-21-33(26-46(35)36(48)23-39(28-41)22-29-11-5-3-6-12-29)47(43)25-32(42)27-52-34-17-15-31(16-18-34)38(53(50)51)45-24-30-13-7-4-8-14-30/h3-8,11-18,25,33,35,38,45,50-51H,1-2,9-10,19-24,26-27,40,42-43H2,(H,44,49)/b32-25-. The Labute approximate surface area is 314 Å². The summed E-state index contributed by atoms with van der Waals surface area (Å²) in [6.07, 6.45) is 5.94. The third-order valence-electron chi connectivity index (χ3n) is 9.17. The Morgan fingerprint density at radius 2 is 1.68 bits per heavy atom. The highest BCUT2D eigenvalue weighted by Gasteiger charge is 2.41. The van der Waals surface area contributed by atoms with Crippen LogP contribution in [0.5, 0.6) is 5.75 Å². The van der Waals surface area contributed by atoms with E-state index in [1.165, 1.54) is 5.01 Å². The number of hydrazine groups is 1. The lowest BCUT2D eigenvalue weighted by molar-refractivity contribution is -0.136. The Kier molecular flexibility index (Phi) is 17.1. The molecule has 3 aromatic rings. The van der Waals surface area contributed by atoms with Gasteiger partial charge in [-0.25, -0.2) is 11.1 Å². The van der Waals surface area contributed by atoms with Crippen LogP contribution in [0, 0.1) is 11.2 Å². The number of benzene rings is 3. The van der Waals surface area contributed by atoms with Crippen molar-refractivity contribution in [1.29, 1.82) is 5.26 Å². The van der Waals surface area contributed by atoms with Gasteiger partial charge in [-0.2, -0.15) is 0 Å². The molecule has 15 heteroatoms. The van der Waals surface area contributed by atoms with E-state index in [2.05, 4.69) is 16.6 Å². The summed E-state index contributed by atoms with van der Waals surface area (Å²) in [6, 6.07) is 25.1. The van der Waals surface area contributed by atoms with Crippen LogP contribution < -0.4 is 32.7 Å². The summed E-state index contributed by atoms with van der Waals surface area (Å²) >= 11 is 0. The molecule has 13 nitrogen and oxygen atoms in total. The van der Waals surface area contributed by atoms with Crippen molar-refractivity contribution in [3.63, 3.8) is 0 Å². The number of nitrogens with zero attached hydrogens (tertiary/aromatic N) is 3. The minimum atomic E-state index is -2.28. The molecule has 0 saturated carbocycles. The van der Waals surface area contributed by atoms with Gasteiger partial charge in [0.2, 0.25) is 11.8 Å². The predicted molar refractivity (Wildman–Crippen MR) is 208 cm³/mol. The quantitative estimate of drug-likeness (QED) is 0.0277. The molecule has 10 N–H and O–H groups in total. The topological polar surface area (TPSA) is 216 Å². The molecular weight excluding hydrogens is 690 g/mol. The summed E-state index contributed by atoms with van der Waals surface area (Å²) in [7, 11) is -2.28. The van der Waals surface area contributed by atoms with Gasteiger partial charge in [-0.3, -0.25) is 14.9 Å². The molecule has 1 heterocycles. The number of hydrogen-bond donors (Lipinski definition) is 7. The van der Waals surface area contributed by atoms with E-state index in [4.69, 9.17) is 22.0 Å². The molecule has 3 unspecified atom stereocenters. The molecule has 0 aromatic heterocycles. The first kappa shape index (κ1) is 41.3. The normalized spacial score (nSPS) is 16.2.